The van der Waals surface area contributed by atoms with Crippen LogP contribution in [0.4, 0.5) is 0 Å². The number of aromatic nitrogens is 3. The third-order valence-electron chi connectivity index (χ3n) is 9.84. The van der Waals surface area contributed by atoms with Gasteiger partial charge in [-0.25, -0.2) is 19.9 Å². The van der Waals surface area contributed by atoms with Gasteiger partial charge in [0.25, 0.3) is 0 Å². The van der Waals surface area contributed by atoms with Crippen LogP contribution in [0.1, 0.15) is 16.0 Å². The molecule has 7 heteroatoms. The van der Waals surface area contributed by atoms with Crippen molar-refractivity contribution in [3.8, 4) is 45.3 Å². The molecule has 0 bridgehead atoms. The molecular formula is C49H31N5OS. The van der Waals surface area contributed by atoms with E-state index in [1.165, 1.54) is 4.70 Å². The molecule has 0 fully saturated rings. The average Bonchev–Trinajstić information content (AvgIpc) is 3.88. The lowest BCUT2D eigenvalue weighted by atomic mass is 9.99. The number of nitrogens with one attached hydrogen (secondary N) is 1. The Labute approximate surface area is 326 Å². The molecule has 6 nitrogen and oxygen atoms in total. The first kappa shape index (κ1) is 33.2. The van der Waals surface area contributed by atoms with Crippen molar-refractivity contribution < 1.29 is 4.42 Å². The lowest BCUT2D eigenvalue weighted by Gasteiger charge is -2.10. The van der Waals surface area contributed by atoms with Crippen molar-refractivity contribution in [1.29, 1.82) is 5.41 Å². The Balaban J connectivity index is 1.08. The molecule has 3 aromatic heterocycles. The number of furan rings is 1. The fourth-order valence-electron chi connectivity index (χ4n) is 7.16. The van der Waals surface area contributed by atoms with Gasteiger partial charge in [-0.2, -0.15) is 0 Å². The molecule has 0 spiro atoms. The maximum absolute atomic E-state index is 9.45. The summed E-state index contributed by atoms with van der Waals surface area (Å²) >= 11 is 1.68. The molecule has 0 atom stereocenters. The first-order valence-electron chi connectivity index (χ1n) is 18.3. The average molecular weight is 738 g/mol. The van der Waals surface area contributed by atoms with Gasteiger partial charge in [-0.15, -0.1) is 11.3 Å². The highest BCUT2D eigenvalue weighted by molar-refractivity contribution is 7.21. The summed E-state index contributed by atoms with van der Waals surface area (Å²) in [5, 5.41) is 12.4. The molecule has 7 aromatic carbocycles. The SMILES string of the molecule is N=C(/N=C(/c1ccccc1)c1cc2ccccc2s1)c1cccc2oc3c(-c4cccc(-c5nc(-c6ccccc6)nc(-c6ccccc6)n5)c4)cccc3c12. The topological polar surface area (TPSA) is 88.0 Å². The van der Waals surface area contributed by atoms with Crippen molar-refractivity contribution in [2.45, 2.75) is 0 Å². The Morgan fingerprint density at radius 3 is 1.84 bits per heavy atom. The van der Waals surface area contributed by atoms with Crippen LogP contribution in [0.25, 0.3) is 77.3 Å². The maximum Gasteiger partial charge on any atom is 0.164 e. The molecule has 10 rings (SSSR count). The molecule has 0 aliphatic rings. The van der Waals surface area contributed by atoms with Crippen LogP contribution < -0.4 is 0 Å². The quantitative estimate of drug-likeness (QED) is 0.130. The van der Waals surface area contributed by atoms with E-state index < -0.39 is 0 Å². The van der Waals surface area contributed by atoms with Crippen molar-refractivity contribution in [2.75, 3.05) is 0 Å². The highest BCUT2D eigenvalue weighted by Crippen LogP contribution is 2.39. The van der Waals surface area contributed by atoms with E-state index in [9.17, 15) is 5.41 Å². The van der Waals surface area contributed by atoms with E-state index in [0.717, 1.165) is 65.7 Å². The van der Waals surface area contributed by atoms with Crippen LogP contribution >= 0.6 is 11.3 Å². The van der Waals surface area contributed by atoms with E-state index in [2.05, 4.69) is 48.5 Å². The van der Waals surface area contributed by atoms with Crippen molar-refractivity contribution >= 4 is 54.9 Å². The number of benzene rings is 7. The highest BCUT2D eigenvalue weighted by atomic mass is 32.1. The van der Waals surface area contributed by atoms with Gasteiger partial charge in [-0.3, -0.25) is 5.41 Å². The normalized spacial score (nSPS) is 11.8. The van der Waals surface area contributed by atoms with Crippen LogP contribution in [0.5, 0.6) is 0 Å². The molecule has 0 radical (unpaired) electrons. The Bertz CT molecular complexity index is 3010. The largest absolute Gasteiger partial charge is 0.455 e. The minimum absolute atomic E-state index is 0.167. The second-order valence-electron chi connectivity index (χ2n) is 13.4. The third-order valence-corrected chi connectivity index (χ3v) is 11.0. The van der Waals surface area contributed by atoms with Gasteiger partial charge in [0, 0.05) is 48.9 Å². The van der Waals surface area contributed by atoms with Gasteiger partial charge >= 0.3 is 0 Å². The summed E-state index contributed by atoms with van der Waals surface area (Å²) in [5.74, 6) is 1.97. The molecule has 1 N–H and O–H groups in total. The Kier molecular flexibility index (Phi) is 8.39. The third kappa shape index (κ3) is 6.16. The highest BCUT2D eigenvalue weighted by Gasteiger charge is 2.20. The standard InChI is InChI=1S/C49H31N5OS/c50-46(51-44(31-15-4-1-5-16-31)42-30-35-21-10-11-28-41(35)56-42)39-26-14-27-40-43(39)38-25-13-24-37(45(38)55-40)34-22-12-23-36(29-34)49-53-47(32-17-6-2-7-18-32)52-48(54-49)33-19-8-3-9-20-33/h1-30,50H/b50-46?,51-44-. The minimum Gasteiger partial charge on any atom is -0.455 e. The van der Waals surface area contributed by atoms with Crippen LogP contribution in [0.3, 0.4) is 0 Å². The molecule has 0 aliphatic carbocycles. The van der Waals surface area contributed by atoms with Gasteiger partial charge in [-0.05, 0) is 35.2 Å². The van der Waals surface area contributed by atoms with Gasteiger partial charge < -0.3 is 4.42 Å². The number of nitrogens with zero attached hydrogens (tertiary/aromatic N) is 4. The molecule has 0 aliphatic heterocycles. The van der Waals surface area contributed by atoms with Crippen LogP contribution in [-0.4, -0.2) is 26.5 Å². The summed E-state index contributed by atoms with van der Waals surface area (Å²) in [6.07, 6.45) is 0. The van der Waals surface area contributed by atoms with Crippen molar-refractivity contribution in [1.82, 2.24) is 15.0 Å². The van der Waals surface area contributed by atoms with Crippen molar-refractivity contribution in [2.24, 2.45) is 4.99 Å². The summed E-state index contributed by atoms with van der Waals surface area (Å²) in [6, 6.07) is 60.8. The molecule has 10 aromatic rings. The number of amidine groups is 1. The molecule has 56 heavy (non-hydrogen) atoms. The second-order valence-corrected chi connectivity index (χ2v) is 14.5. The zero-order valence-electron chi connectivity index (χ0n) is 29.9. The van der Waals surface area contributed by atoms with Gasteiger partial charge in [0.05, 0.1) is 10.6 Å². The zero-order chi connectivity index (χ0) is 37.4. The lowest BCUT2D eigenvalue weighted by Crippen LogP contribution is -2.06. The zero-order valence-corrected chi connectivity index (χ0v) is 30.7. The number of thiophene rings is 1. The van der Waals surface area contributed by atoms with Crippen LogP contribution in [0.15, 0.2) is 191 Å². The first-order valence-corrected chi connectivity index (χ1v) is 19.1. The van der Waals surface area contributed by atoms with E-state index in [-0.39, 0.29) is 5.84 Å². The molecule has 0 amide bonds. The maximum atomic E-state index is 9.45. The molecule has 0 unspecified atom stereocenters. The summed E-state index contributed by atoms with van der Waals surface area (Å²) in [5.41, 5.74) is 8.45. The van der Waals surface area contributed by atoms with Gasteiger partial charge in [-0.1, -0.05) is 158 Å². The fourth-order valence-corrected chi connectivity index (χ4v) is 8.24. The van der Waals surface area contributed by atoms with E-state index in [0.29, 0.717) is 28.6 Å². The second kappa shape index (κ2) is 14.1. The van der Waals surface area contributed by atoms with E-state index in [4.69, 9.17) is 24.4 Å². The molecular weight excluding hydrogens is 707 g/mol. The summed E-state index contributed by atoms with van der Waals surface area (Å²) in [6.45, 7) is 0. The first-order chi connectivity index (χ1) is 27.7. The number of aliphatic imine (C=N–C) groups is 1. The number of hydrogen-bond acceptors (Lipinski definition) is 6. The Morgan fingerprint density at radius 1 is 0.536 bits per heavy atom. The predicted octanol–water partition coefficient (Wildman–Crippen LogP) is 12.5. The van der Waals surface area contributed by atoms with Crippen LogP contribution in [0, 0.1) is 5.41 Å². The predicted molar refractivity (Wildman–Crippen MR) is 230 cm³/mol. The smallest absolute Gasteiger partial charge is 0.164 e. The van der Waals surface area contributed by atoms with E-state index in [1.807, 2.05) is 133 Å². The Morgan fingerprint density at radius 2 is 1.12 bits per heavy atom. The Hall–Kier alpha value is -7.35. The van der Waals surface area contributed by atoms with E-state index >= 15 is 0 Å². The summed E-state index contributed by atoms with van der Waals surface area (Å²) in [4.78, 5) is 20.9. The number of fused-ring (bicyclic) bond motifs is 4. The number of rotatable bonds is 7. The van der Waals surface area contributed by atoms with E-state index in [1.54, 1.807) is 11.3 Å². The molecule has 3 heterocycles. The molecule has 0 saturated heterocycles. The van der Waals surface area contributed by atoms with Gasteiger partial charge in [0.2, 0.25) is 0 Å². The van der Waals surface area contributed by atoms with Gasteiger partial charge in [0.15, 0.2) is 23.3 Å². The summed E-state index contributed by atoms with van der Waals surface area (Å²) in [7, 11) is 0. The number of para-hydroxylation sites is 1. The van der Waals surface area contributed by atoms with Gasteiger partial charge in [0.1, 0.15) is 11.2 Å². The number of hydrogen-bond donors (Lipinski definition) is 1. The van der Waals surface area contributed by atoms with Crippen LogP contribution in [0.2, 0.25) is 0 Å². The monoisotopic (exact) mass is 737 g/mol. The molecule has 0 saturated carbocycles. The van der Waals surface area contributed by atoms with Crippen LogP contribution in [-0.2, 0) is 0 Å². The lowest BCUT2D eigenvalue weighted by molar-refractivity contribution is 0.670. The fraction of sp³-hybridized carbons (Fsp3) is 0. The molecule has 264 valence electrons. The minimum atomic E-state index is 0.167. The van der Waals surface area contributed by atoms with Crippen molar-refractivity contribution in [3.05, 3.63) is 198 Å². The van der Waals surface area contributed by atoms with Crippen molar-refractivity contribution in [3.63, 3.8) is 0 Å². The summed E-state index contributed by atoms with van der Waals surface area (Å²) < 4.78 is 7.84.